The summed E-state index contributed by atoms with van der Waals surface area (Å²) < 4.78 is 65.0. The Morgan fingerprint density at radius 3 is 2.18 bits per heavy atom. The first-order valence-electron chi connectivity index (χ1n) is 27.5. The minimum atomic E-state index is -5.27. The number of β-amino-alcohol motifs (C(OH)–C–C–N with tert-alkyl or cyclic N) is 1. The molecule has 4 heterocycles. The van der Waals surface area contributed by atoms with Gasteiger partial charge in [-0.2, -0.15) is 0 Å². The van der Waals surface area contributed by atoms with Gasteiger partial charge in [0.25, 0.3) is 0 Å². The quantitative estimate of drug-likeness (QED) is 0.0185. The Morgan fingerprint density at radius 2 is 1.57 bits per heavy atom. The van der Waals surface area contributed by atoms with Crippen LogP contribution in [-0.2, 0) is 68.0 Å². The van der Waals surface area contributed by atoms with Crippen LogP contribution in [-0.4, -0.2) is 172 Å². The van der Waals surface area contributed by atoms with Gasteiger partial charge in [-0.05, 0) is 79.8 Å². The number of aromatic nitrogens is 4. The molecule has 7 N–H and O–H groups in total. The predicted octanol–water partition coefficient (Wildman–Crippen LogP) is -0.772. The summed E-state index contributed by atoms with van der Waals surface area (Å²) in [5, 5.41) is 42.4. The van der Waals surface area contributed by atoms with Crippen LogP contribution in [0.2, 0.25) is 0 Å². The van der Waals surface area contributed by atoms with Crippen LogP contribution in [0.3, 0.4) is 0 Å². The smallest absolute Gasteiger partial charge is 0.746 e. The van der Waals surface area contributed by atoms with Crippen molar-refractivity contribution in [1.29, 1.82) is 0 Å². The van der Waals surface area contributed by atoms with E-state index in [-0.39, 0.29) is 112 Å². The number of carbonyl (C=O) groups is 6. The van der Waals surface area contributed by atoms with Crippen LogP contribution < -0.4 is 65.6 Å². The first kappa shape index (κ1) is 69.1. The van der Waals surface area contributed by atoms with Gasteiger partial charge in [0.1, 0.15) is 52.0 Å². The Hall–Kier alpha value is -5.66. The van der Waals surface area contributed by atoms with Crippen LogP contribution in [0.4, 0.5) is 4.79 Å². The van der Waals surface area contributed by atoms with Crippen molar-refractivity contribution >= 4 is 57.1 Å². The molecule has 84 heavy (non-hydrogen) atoms. The van der Waals surface area contributed by atoms with Crippen LogP contribution in [0, 0.1) is 31.1 Å². The zero-order valence-corrected chi connectivity index (χ0v) is 52.4. The van der Waals surface area contributed by atoms with Crippen LogP contribution in [0.15, 0.2) is 54.0 Å². The van der Waals surface area contributed by atoms with Crippen LogP contribution in [0.25, 0.3) is 10.4 Å². The predicted molar refractivity (Wildman–Crippen MR) is 300 cm³/mol. The first-order chi connectivity index (χ1) is 39.4. The number of rotatable bonds is 31. The summed E-state index contributed by atoms with van der Waals surface area (Å²) in [6, 6.07) is 9.13. The molecule has 2 fully saturated rings. The number of likely N-dealkylation sites (tertiary alicyclic amines) is 1. The van der Waals surface area contributed by atoms with E-state index >= 15 is 0 Å². The van der Waals surface area contributed by atoms with E-state index < -0.39 is 86.9 Å². The summed E-state index contributed by atoms with van der Waals surface area (Å²) in [6.07, 6.45) is -1.74. The van der Waals surface area contributed by atoms with Crippen molar-refractivity contribution in [2.75, 3.05) is 52.7 Å². The Balaban J connectivity index is 0.0000129. The van der Waals surface area contributed by atoms with E-state index in [9.17, 15) is 52.0 Å². The zero-order chi connectivity index (χ0) is 60.4. The number of hydrogen-bond donors (Lipinski definition) is 7. The molecule has 0 radical (unpaired) electrons. The fourth-order valence-electron chi connectivity index (χ4n) is 9.26. The number of carbonyl (C=O) groups excluding carboxylic acids is 6. The van der Waals surface area contributed by atoms with Crippen molar-refractivity contribution in [2.24, 2.45) is 17.3 Å². The zero-order valence-electron chi connectivity index (χ0n) is 48.8. The van der Waals surface area contributed by atoms with Gasteiger partial charge in [0.05, 0.1) is 80.1 Å². The Morgan fingerprint density at radius 1 is 0.917 bits per heavy atom. The third-order valence-electron chi connectivity index (χ3n) is 13.8. The molecular formula is C55H77N10NaO16S2. The normalized spacial score (nSPS) is 17.6. The number of benzene rings is 2. The summed E-state index contributed by atoms with van der Waals surface area (Å²) in [5.74, 6) is -2.87. The molecule has 6 amide bonds. The number of thiazole rings is 1. The minimum Gasteiger partial charge on any atom is -0.746 e. The minimum absolute atomic E-state index is 0. The SMILES string of the molecule is Cc1ncsc1-c1ccc(CNC(=O)[C@@H]2C[C@@H](O)CN2C(=O)[C@@H](NC(=O)CCOCCOCCOCCn2nnc(COc3ccc(OC(=O)N[C@@H](CC(C)C)C(=O)N[C@@H](C[C@@H]4CCNC4=O)C(O)S(=O)(=O)[O-])cc3)c2C)C(C)(C)C)cc1.[Na+]. The summed E-state index contributed by atoms with van der Waals surface area (Å²) in [5.41, 5.74) is 2.75. The van der Waals surface area contributed by atoms with E-state index in [2.05, 4.69) is 41.9 Å². The third-order valence-corrected chi connectivity index (χ3v) is 15.7. The standard InChI is InChI=1S/C55H78N10O16S2.Na/c1-33(2)26-42(50(69)59-43(53(72)83(74,75)76)27-38-16-18-56-49(38)68)60-54(73)81-41-14-12-40(13-15-41)80-31-44-35(4)65(63-62-44)19-21-78-23-25-79-24-22-77-20-17-46(67)61-48(55(5,6)7)52(71)64-30-39(66)28-45(64)51(70)57-29-36-8-10-37(11-9-36)47-34(3)58-32-82-47;/h8-15,32-33,38-39,42-43,45,48,53,66,72H,16-31H2,1-7H3,(H,56,68)(H,57,70)(H,59,69)(H,60,73)(H,61,67)(H,74,75,76);/q;+1/p-1/t38-,39+,42-,43-,45-,48+,53?;/m0./s1. The fraction of sp³-hybridized carbons (Fsp3) is 0.582. The number of nitrogens with zero attached hydrogens (tertiary/aromatic N) is 5. The van der Waals surface area contributed by atoms with Crippen LogP contribution >= 0.6 is 11.3 Å². The van der Waals surface area contributed by atoms with Gasteiger partial charge in [-0.1, -0.05) is 64.1 Å². The molecule has 4 aromatic rings. The Bertz CT molecular complexity index is 2920. The number of aliphatic hydroxyl groups is 2. The molecule has 2 aliphatic rings. The number of hydrogen-bond acceptors (Lipinski definition) is 20. The number of ether oxygens (including phenoxy) is 5. The van der Waals surface area contributed by atoms with Gasteiger partial charge in [-0.15, -0.1) is 16.4 Å². The molecule has 456 valence electrons. The summed E-state index contributed by atoms with van der Waals surface area (Å²) >= 11 is 1.56. The van der Waals surface area contributed by atoms with Gasteiger partial charge in [0.2, 0.25) is 29.5 Å². The third kappa shape index (κ3) is 21.1. The van der Waals surface area contributed by atoms with Crippen molar-refractivity contribution in [3.05, 3.63) is 76.7 Å². The van der Waals surface area contributed by atoms with E-state index in [0.29, 0.717) is 50.8 Å². The topological polar surface area (TPSA) is 353 Å². The second kappa shape index (κ2) is 32.7. The van der Waals surface area contributed by atoms with Gasteiger partial charge in [-0.3, -0.25) is 24.0 Å². The molecule has 6 rings (SSSR count). The van der Waals surface area contributed by atoms with Crippen molar-refractivity contribution in [1.82, 2.24) is 51.5 Å². The second-order valence-corrected chi connectivity index (χ2v) is 24.2. The molecule has 26 nitrogen and oxygen atoms in total. The maximum atomic E-state index is 14.0. The summed E-state index contributed by atoms with van der Waals surface area (Å²) in [7, 11) is -5.27. The molecule has 2 aliphatic heterocycles. The van der Waals surface area contributed by atoms with E-state index in [1.54, 1.807) is 47.5 Å². The van der Waals surface area contributed by atoms with Gasteiger partial charge >= 0.3 is 35.7 Å². The molecule has 0 spiro atoms. The average Bonchev–Trinajstić information content (AvgIpc) is 4.40. The number of nitrogens with one attached hydrogen (secondary N) is 5. The monoisotopic (exact) mass is 1220 g/mol. The van der Waals surface area contributed by atoms with Crippen LogP contribution in [0.1, 0.15) is 89.4 Å². The van der Waals surface area contributed by atoms with Crippen molar-refractivity contribution in [3.63, 3.8) is 0 Å². The summed E-state index contributed by atoms with van der Waals surface area (Å²) in [4.78, 5) is 85.7. The Kier molecular flexibility index (Phi) is 26.9. The molecule has 7 atom stereocenters. The molecule has 0 aliphatic carbocycles. The molecule has 0 bridgehead atoms. The maximum absolute atomic E-state index is 14.0. The maximum Gasteiger partial charge on any atom is 1.00 e. The molecular weight excluding hydrogens is 1140 g/mol. The van der Waals surface area contributed by atoms with Gasteiger partial charge in [0, 0.05) is 38.4 Å². The number of aryl methyl sites for hydroxylation is 1. The Labute approximate surface area is 515 Å². The summed E-state index contributed by atoms with van der Waals surface area (Å²) in [6.45, 7) is 15.3. The molecule has 0 saturated carbocycles. The van der Waals surface area contributed by atoms with Crippen molar-refractivity contribution < 1.29 is 105 Å². The average molecular weight is 1220 g/mol. The van der Waals surface area contributed by atoms with E-state index in [1.165, 1.54) is 17.0 Å². The molecule has 29 heteroatoms. The first-order valence-corrected chi connectivity index (χ1v) is 29.8. The van der Waals surface area contributed by atoms with Crippen molar-refractivity contribution in [3.8, 4) is 21.9 Å². The largest absolute Gasteiger partial charge is 1.00 e. The van der Waals surface area contributed by atoms with Crippen molar-refractivity contribution in [2.45, 2.75) is 136 Å². The number of aliphatic hydroxyl groups excluding tert-OH is 2. The van der Waals surface area contributed by atoms with Crippen LogP contribution in [0.5, 0.6) is 11.5 Å². The van der Waals surface area contributed by atoms with E-state index in [4.69, 9.17) is 23.7 Å². The number of amides is 6. The fourth-order valence-corrected chi connectivity index (χ4v) is 10.7. The molecule has 2 saturated heterocycles. The molecule has 2 aromatic carbocycles. The molecule has 2 aromatic heterocycles. The van der Waals surface area contributed by atoms with Gasteiger partial charge < -0.3 is 69.9 Å². The van der Waals surface area contributed by atoms with E-state index in [1.807, 2.05) is 58.9 Å². The van der Waals surface area contributed by atoms with E-state index in [0.717, 1.165) is 27.4 Å². The van der Waals surface area contributed by atoms with Gasteiger partial charge in [0.15, 0.2) is 5.44 Å². The molecule has 1 unspecified atom stereocenters. The van der Waals surface area contributed by atoms with Gasteiger partial charge in [-0.25, -0.2) is 22.9 Å². The second-order valence-electron chi connectivity index (χ2n) is 21.9.